The van der Waals surface area contributed by atoms with Crippen LogP contribution in [0.4, 0.5) is 5.82 Å². The van der Waals surface area contributed by atoms with Gasteiger partial charge in [-0.15, -0.1) is 0 Å². The minimum Gasteiger partial charge on any atom is -0.383 e. The number of aromatic nitrogens is 2. The lowest BCUT2D eigenvalue weighted by Crippen LogP contribution is -2.31. The fourth-order valence-electron chi connectivity index (χ4n) is 1.76. The van der Waals surface area contributed by atoms with E-state index >= 15 is 0 Å². The first-order valence-electron chi connectivity index (χ1n) is 6.23. The Morgan fingerprint density at radius 2 is 1.94 bits per heavy atom. The van der Waals surface area contributed by atoms with Gasteiger partial charge < -0.3 is 10.1 Å². The lowest BCUT2D eigenvalue weighted by atomic mass is 10.0. The van der Waals surface area contributed by atoms with Crippen LogP contribution in [0.3, 0.4) is 0 Å². The van der Waals surface area contributed by atoms with Crippen molar-refractivity contribution in [3.05, 3.63) is 17.0 Å². The van der Waals surface area contributed by atoms with Gasteiger partial charge in [-0.2, -0.15) is 0 Å². The average Bonchev–Trinajstić information content (AvgIpc) is 2.27. The summed E-state index contributed by atoms with van der Waals surface area (Å²) in [4.78, 5) is 8.35. The van der Waals surface area contributed by atoms with Crippen LogP contribution in [0.1, 0.15) is 39.2 Å². The molecule has 0 bridgehead atoms. The van der Waals surface area contributed by atoms with E-state index in [4.69, 9.17) is 16.3 Å². The number of anilines is 1. The van der Waals surface area contributed by atoms with Crippen molar-refractivity contribution in [1.29, 1.82) is 0 Å². The molecule has 1 rings (SSSR count). The van der Waals surface area contributed by atoms with Crippen LogP contribution in [0.5, 0.6) is 0 Å². The largest absolute Gasteiger partial charge is 0.383 e. The molecular weight excluding hydrogens is 250 g/mol. The molecule has 18 heavy (non-hydrogen) atoms. The van der Waals surface area contributed by atoms with Crippen molar-refractivity contribution in [2.75, 3.05) is 19.0 Å². The molecule has 0 spiro atoms. The molecule has 0 aliphatic carbocycles. The van der Waals surface area contributed by atoms with Crippen molar-refractivity contribution in [1.82, 2.24) is 9.97 Å². The SMILES string of the molecule is COCC(Nc1ncnc(Cl)c1C(C)C)C(C)C. The fraction of sp³-hybridized carbons (Fsp3) is 0.692. The second-order valence-electron chi connectivity index (χ2n) is 5.03. The maximum absolute atomic E-state index is 6.14. The van der Waals surface area contributed by atoms with Gasteiger partial charge in [-0.1, -0.05) is 39.3 Å². The van der Waals surface area contributed by atoms with Gasteiger partial charge in [0.25, 0.3) is 0 Å². The Kier molecular flexibility index (Phi) is 5.82. The van der Waals surface area contributed by atoms with E-state index in [-0.39, 0.29) is 12.0 Å². The van der Waals surface area contributed by atoms with E-state index in [0.29, 0.717) is 17.7 Å². The standard InChI is InChI=1S/C13H22ClN3O/c1-8(2)10(6-18-5)17-13-11(9(3)4)12(14)15-7-16-13/h7-10H,6H2,1-5H3,(H,15,16,17). The Morgan fingerprint density at radius 1 is 1.28 bits per heavy atom. The van der Waals surface area contributed by atoms with Crippen LogP contribution < -0.4 is 5.32 Å². The molecule has 5 heteroatoms. The van der Waals surface area contributed by atoms with Gasteiger partial charge in [-0.25, -0.2) is 9.97 Å². The van der Waals surface area contributed by atoms with E-state index < -0.39 is 0 Å². The molecule has 1 unspecified atom stereocenters. The molecule has 0 aliphatic heterocycles. The van der Waals surface area contributed by atoms with Crippen LogP contribution >= 0.6 is 11.6 Å². The molecule has 0 radical (unpaired) electrons. The maximum Gasteiger partial charge on any atom is 0.138 e. The Morgan fingerprint density at radius 3 is 2.44 bits per heavy atom. The first-order valence-corrected chi connectivity index (χ1v) is 6.61. The van der Waals surface area contributed by atoms with Crippen molar-refractivity contribution >= 4 is 17.4 Å². The summed E-state index contributed by atoms with van der Waals surface area (Å²) in [7, 11) is 1.70. The van der Waals surface area contributed by atoms with E-state index in [1.807, 2.05) is 0 Å². The third kappa shape index (κ3) is 3.82. The number of hydrogen-bond donors (Lipinski definition) is 1. The Hall–Kier alpha value is -0.870. The van der Waals surface area contributed by atoms with E-state index in [9.17, 15) is 0 Å². The number of halogens is 1. The molecule has 0 aromatic carbocycles. The first-order chi connectivity index (χ1) is 8.47. The summed E-state index contributed by atoms with van der Waals surface area (Å²) in [6.07, 6.45) is 1.49. The van der Waals surface area contributed by atoms with E-state index in [1.165, 1.54) is 6.33 Å². The monoisotopic (exact) mass is 271 g/mol. The van der Waals surface area contributed by atoms with Gasteiger partial charge in [0, 0.05) is 12.7 Å². The lowest BCUT2D eigenvalue weighted by Gasteiger charge is -2.24. The summed E-state index contributed by atoms with van der Waals surface area (Å²) in [5.41, 5.74) is 0.959. The molecule has 102 valence electrons. The van der Waals surface area contributed by atoms with Gasteiger partial charge in [0.1, 0.15) is 17.3 Å². The quantitative estimate of drug-likeness (QED) is 0.806. The van der Waals surface area contributed by atoms with Gasteiger partial charge in [0.05, 0.1) is 12.6 Å². The summed E-state index contributed by atoms with van der Waals surface area (Å²) in [6, 6.07) is 0.207. The van der Waals surface area contributed by atoms with Gasteiger partial charge in [-0.05, 0) is 11.8 Å². The smallest absolute Gasteiger partial charge is 0.138 e. The predicted octanol–water partition coefficient (Wildman–Crippen LogP) is 3.34. The second kappa shape index (κ2) is 6.90. The van der Waals surface area contributed by atoms with E-state index in [2.05, 4.69) is 43.0 Å². The molecule has 0 aliphatic rings. The topological polar surface area (TPSA) is 47.0 Å². The van der Waals surface area contributed by atoms with Gasteiger partial charge >= 0.3 is 0 Å². The Balaban J connectivity index is 2.98. The molecule has 4 nitrogen and oxygen atoms in total. The second-order valence-corrected chi connectivity index (χ2v) is 5.39. The zero-order valence-corrected chi connectivity index (χ0v) is 12.5. The van der Waals surface area contributed by atoms with Crippen LogP contribution in [0.15, 0.2) is 6.33 Å². The number of methoxy groups -OCH3 is 1. The van der Waals surface area contributed by atoms with Crippen molar-refractivity contribution < 1.29 is 4.74 Å². The molecule has 0 fully saturated rings. The highest BCUT2D eigenvalue weighted by Gasteiger charge is 2.18. The Bertz CT molecular complexity index is 382. The average molecular weight is 272 g/mol. The highest BCUT2D eigenvalue weighted by molar-refractivity contribution is 6.30. The van der Waals surface area contributed by atoms with Crippen LogP contribution in [0.2, 0.25) is 5.15 Å². The molecule has 0 saturated carbocycles. The summed E-state index contributed by atoms with van der Waals surface area (Å²) in [5, 5.41) is 3.93. The van der Waals surface area contributed by atoms with Gasteiger partial charge in [0.2, 0.25) is 0 Å². The normalized spacial score (nSPS) is 13.1. The van der Waals surface area contributed by atoms with Crippen LogP contribution in [-0.4, -0.2) is 29.7 Å². The highest BCUT2D eigenvalue weighted by atomic mass is 35.5. The fourth-order valence-corrected chi connectivity index (χ4v) is 2.11. The third-order valence-corrected chi connectivity index (χ3v) is 3.19. The van der Waals surface area contributed by atoms with Gasteiger partial charge in [-0.3, -0.25) is 0 Å². The number of nitrogens with zero attached hydrogens (tertiary/aromatic N) is 2. The summed E-state index contributed by atoms with van der Waals surface area (Å²) >= 11 is 6.14. The number of hydrogen-bond acceptors (Lipinski definition) is 4. The molecule has 1 N–H and O–H groups in total. The number of ether oxygens (including phenoxy) is 1. The molecule has 1 atom stereocenters. The van der Waals surface area contributed by atoms with Gasteiger partial charge in [0.15, 0.2) is 0 Å². The summed E-state index contributed by atoms with van der Waals surface area (Å²) in [6.45, 7) is 9.09. The van der Waals surface area contributed by atoms with Crippen LogP contribution in [0.25, 0.3) is 0 Å². The van der Waals surface area contributed by atoms with Crippen molar-refractivity contribution in [3.8, 4) is 0 Å². The zero-order valence-electron chi connectivity index (χ0n) is 11.7. The van der Waals surface area contributed by atoms with E-state index in [0.717, 1.165) is 11.4 Å². The molecule has 0 saturated heterocycles. The Labute approximate surface area is 114 Å². The molecule has 1 aromatic heterocycles. The minimum absolute atomic E-state index is 0.207. The zero-order chi connectivity index (χ0) is 13.7. The van der Waals surface area contributed by atoms with E-state index in [1.54, 1.807) is 7.11 Å². The van der Waals surface area contributed by atoms with Crippen LogP contribution in [0, 0.1) is 5.92 Å². The molecule has 1 aromatic rings. The van der Waals surface area contributed by atoms with Crippen molar-refractivity contribution in [3.63, 3.8) is 0 Å². The number of nitrogens with one attached hydrogen (secondary N) is 1. The van der Waals surface area contributed by atoms with Crippen LogP contribution in [-0.2, 0) is 4.74 Å². The lowest BCUT2D eigenvalue weighted by molar-refractivity contribution is 0.171. The predicted molar refractivity (Wildman–Crippen MR) is 75.3 cm³/mol. The number of rotatable bonds is 6. The summed E-state index contributed by atoms with van der Waals surface area (Å²) in [5.74, 6) is 1.52. The maximum atomic E-state index is 6.14. The molecule has 0 amide bonds. The third-order valence-electron chi connectivity index (χ3n) is 2.89. The van der Waals surface area contributed by atoms with Crippen molar-refractivity contribution in [2.24, 2.45) is 5.92 Å². The minimum atomic E-state index is 0.207. The van der Waals surface area contributed by atoms with Crippen molar-refractivity contribution in [2.45, 2.75) is 39.7 Å². The molecular formula is C13H22ClN3O. The highest BCUT2D eigenvalue weighted by Crippen LogP contribution is 2.28. The summed E-state index contributed by atoms with van der Waals surface area (Å²) < 4.78 is 5.23. The first kappa shape index (κ1) is 15.2. The molecule has 1 heterocycles.